The van der Waals surface area contributed by atoms with Crippen LogP contribution in [0.4, 0.5) is 24.5 Å². The Bertz CT molecular complexity index is 3260. The number of amides is 2. The van der Waals surface area contributed by atoms with Gasteiger partial charge >= 0.3 is 6.18 Å². The summed E-state index contributed by atoms with van der Waals surface area (Å²) in [5, 5.41) is 19.0. The van der Waals surface area contributed by atoms with Gasteiger partial charge in [0, 0.05) is 108 Å². The van der Waals surface area contributed by atoms with Crippen LogP contribution in [0.5, 0.6) is 0 Å². The molecular weight excluding hydrogens is 1030 g/mol. The summed E-state index contributed by atoms with van der Waals surface area (Å²) in [6.45, 7) is 14.7. The Morgan fingerprint density at radius 1 is 0.855 bits per heavy atom. The predicted molar refractivity (Wildman–Crippen MR) is 298 cm³/mol. The van der Waals surface area contributed by atoms with Crippen molar-refractivity contribution in [1.29, 1.82) is 0 Å². The molecule has 400 valence electrons. The van der Waals surface area contributed by atoms with E-state index in [9.17, 15) is 27.3 Å². The molecule has 3 aromatic heterocycles. The third kappa shape index (κ3) is 11.8. The molecule has 4 aliphatic rings. The molecule has 3 fully saturated rings. The van der Waals surface area contributed by atoms with Crippen molar-refractivity contribution in [3.8, 4) is 16.8 Å². The minimum atomic E-state index is -4.44. The Morgan fingerprint density at radius 2 is 1.55 bits per heavy atom. The molecule has 14 nitrogen and oxygen atoms in total. The molecule has 0 spiro atoms. The normalized spacial score (nSPS) is 18.2. The number of likely N-dealkylation sites (tertiary alicyclic amines) is 2. The Labute approximate surface area is 451 Å². The van der Waals surface area contributed by atoms with Gasteiger partial charge in [0.1, 0.15) is 30.6 Å². The van der Waals surface area contributed by atoms with Crippen LogP contribution in [0.3, 0.4) is 0 Å². The average molecular weight is 1090 g/mol. The maximum atomic E-state index is 14.1. The molecule has 20 heteroatoms. The number of aliphatic imine (C=N–C) groups is 1. The molecule has 0 bridgehead atoms. The van der Waals surface area contributed by atoms with E-state index in [4.69, 9.17) is 16.6 Å². The number of nitrogens with one attached hydrogen (secondary N) is 2. The van der Waals surface area contributed by atoms with E-state index in [1.54, 1.807) is 42.9 Å². The number of hydrogen-bond donors (Lipinski definition) is 2. The Balaban J connectivity index is 0.693. The van der Waals surface area contributed by atoms with Gasteiger partial charge in [0.25, 0.3) is 0 Å². The van der Waals surface area contributed by atoms with Gasteiger partial charge in [0.05, 0.1) is 36.4 Å². The lowest BCUT2D eigenvalue weighted by Crippen LogP contribution is -2.56. The number of halogens is 4. The first kappa shape index (κ1) is 53.4. The van der Waals surface area contributed by atoms with Crippen LogP contribution in [-0.2, 0) is 20.7 Å². The second kappa shape index (κ2) is 22.2. The number of carbonyl (C=O) groups excluding carboxylic acids is 2. The zero-order valence-corrected chi connectivity index (χ0v) is 46.1. The highest BCUT2D eigenvalue weighted by molar-refractivity contribution is 7.70. The quantitative estimate of drug-likeness (QED) is 0.0909. The molecule has 2 amide bonds. The van der Waals surface area contributed by atoms with Gasteiger partial charge in [-0.15, -0.1) is 21.5 Å². The second-order valence-electron chi connectivity index (χ2n) is 20.9. The van der Waals surface area contributed by atoms with Crippen molar-refractivity contribution in [3.05, 3.63) is 117 Å². The number of aromatic nitrogens is 4. The number of piperazine rings is 1. The standard InChI is InChI=1S/C56H64ClF3N11O3PS/c1-36-37(2)76-55-52(36)53(39-11-13-40(57)14-12-39)63-48(54-65-64-38(3)71(54)55)33-50(72)68-26-21-43(22-27-68)67-28-30-69(31-29-67)51(73)34-66-24-19-42(20-25-66)62-47-9-6-10-49-46(47)32-44(70(49)35-56(58,59)60)8-7-23-61-41-15-17-45(18-16-41)75(4,5)74/h6,9-18,32,42-43,48,61-62H,19-31,33-35H2,1-5H3/t48-/m0/s1. The summed E-state index contributed by atoms with van der Waals surface area (Å²) in [6.07, 6.45) is -0.975. The molecule has 6 aromatic rings. The smallest absolute Gasteiger partial charge is 0.382 e. The fourth-order valence-electron chi connectivity index (χ4n) is 11.1. The second-order valence-corrected chi connectivity index (χ2v) is 25.7. The van der Waals surface area contributed by atoms with Crippen molar-refractivity contribution in [2.75, 3.05) is 89.4 Å². The number of benzene rings is 3. The number of hydrogen-bond acceptors (Lipinski definition) is 11. The molecule has 7 heterocycles. The minimum Gasteiger partial charge on any atom is -0.382 e. The van der Waals surface area contributed by atoms with Crippen LogP contribution in [0.25, 0.3) is 15.9 Å². The van der Waals surface area contributed by atoms with Gasteiger partial charge in [-0.3, -0.25) is 28.9 Å². The van der Waals surface area contributed by atoms with Crippen LogP contribution in [-0.4, -0.2) is 153 Å². The molecule has 2 N–H and O–H groups in total. The van der Waals surface area contributed by atoms with E-state index in [0.29, 0.717) is 60.5 Å². The highest BCUT2D eigenvalue weighted by Crippen LogP contribution is 2.40. The van der Waals surface area contributed by atoms with Crippen molar-refractivity contribution < 1.29 is 27.3 Å². The highest BCUT2D eigenvalue weighted by atomic mass is 35.5. The zero-order valence-electron chi connectivity index (χ0n) is 43.6. The highest BCUT2D eigenvalue weighted by Gasteiger charge is 2.36. The van der Waals surface area contributed by atoms with E-state index in [-0.39, 0.29) is 36.5 Å². The first-order chi connectivity index (χ1) is 36.4. The summed E-state index contributed by atoms with van der Waals surface area (Å²) in [4.78, 5) is 42.9. The lowest BCUT2D eigenvalue weighted by atomic mass is 9.99. The van der Waals surface area contributed by atoms with E-state index in [1.807, 2.05) is 71.3 Å². The van der Waals surface area contributed by atoms with E-state index < -0.39 is 25.9 Å². The van der Waals surface area contributed by atoms with E-state index in [1.165, 1.54) is 9.44 Å². The average Bonchev–Trinajstić information content (AvgIpc) is 4.06. The molecule has 10 rings (SSSR count). The summed E-state index contributed by atoms with van der Waals surface area (Å²) in [7, 11) is -2.39. The molecule has 0 unspecified atom stereocenters. The van der Waals surface area contributed by atoms with Crippen LogP contribution >= 0.6 is 30.1 Å². The van der Waals surface area contributed by atoms with Crippen molar-refractivity contribution in [1.82, 2.24) is 38.9 Å². The number of nitrogens with zero attached hydrogens (tertiary/aromatic N) is 9. The third-order valence-corrected chi connectivity index (χ3v) is 18.4. The third-order valence-electron chi connectivity index (χ3n) is 15.4. The molecule has 3 saturated heterocycles. The van der Waals surface area contributed by atoms with E-state index in [2.05, 4.69) is 60.9 Å². The number of piperidine rings is 2. The maximum absolute atomic E-state index is 14.1. The SMILES string of the molecule is Cc1sc2c(c1C)C(c1ccc(Cl)cc1)=N[C@@H](CC(=O)N1CCC(N3CCN(C(=O)CN4CCC(Nc5cccc6c5cc(C#CCNc5ccc(P(C)(C)=O)cc5)n6CC(F)(F)F)CC4)CC3)CC1)c1nnc(C)n1-2. The lowest BCUT2D eigenvalue weighted by Gasteiger charge is -2.43. The molecule has 4 aliphatic heterocycles. The van der Waals surface area contributed by atoms with Gasteiger partial charge in [-0.1, -0.05) is 35.7 Å². The molecule has 76 heavy (non-hydrogen) atoms. The van der Waals surface area contributed by atoms with Gasteiger partial charge in [0.15, 0.2) is 5.82 Å². The summed E-state index contributed by atoms with van der Waals surface area (Å²) < 4.78 is 57.4. The Hall–Kier alpha value is -5.96. The molecule has 0 saturated carbocycles. The Morgan fingerprint density at radius 3 is 2.24 bits per heavy atom. The lowest BCUT2D eigenvalue weighted by molar-refractivity contribution is -0.140. The van der Waals surface area contributed by atoms with Crippen LogP contribution < -0.4 is 15.9 Å². The van der Waals surface area contributed by atoms with Crippen molar-refractivity contribution >= 4 is 75.2 Å². The number of rotatable bonds is 12. The van der Waals surface area contributed by atoms with Crippen LogP contribution in [0.1, 0.15) is 77.1 Å². The number of fused-ring (bicyclic) bond motifs is 4. The molecule has 1 atom stereocenters. The number of alkyl halides is 3. The monoisotopic (exact) mass is 1090 g/mol. The van der Waals surface area contributed by atoms with Gasteiger partial charge in [-0.05, 0) is 126 Å². The van der Waals surface area contributed by atoms with Crippen molar-refractivity contribution in [2.24, 2.45) is 4.99 Å². The zero-order chi connectivity index (χ0) is 53.5. The predicted octanol–water partition coefficient (Wildman–Crippen LogP) is 9.13. The van der Waals surface area contributed by atoms with Crippen molar-refractivity contribution in [3.63, 3.8) is 0 Å². The number of anilines is 2. The number of carbonyl (C=O) groups is 2. The summed E-state index contributed by atoms with van der Waals surface area (Å²) in [5.41, 5.74) is 6.21. The molecule has 3 aromatic carbocycles. The summed E-state index contributed by atoms with van der Waals surface area (Å²) in [6, 6.07) is 22.0. The molecule has 0 aliphatic carbocycles. The first-order valence-corrected chi connectivity index (χ1v) is 29.9. The van der Waals surface area contributed by atoms with E-state index in [0.717, 1.165) is 102 Å². The number of aryl methyl sites for hydroxylation is 2. The fourth-order valence-corrected chi connectivity index (χ4v) is 13.3. The summed E-state index contributed by atoms with van der Waals surface area (Å²) >= 11 is 7.99. The van der Waals surface area contributed by atoms with Crippen LogP contribution in [0.2, 0.25) is 5.02 Å². The van der Waals surface area contributed by atoms with Crippen LogP contribution in [0.15, 0.2) is 77.8 Å². The largest absolute Gasteiger partial charge is 0.406 e. The topological polar surface area (TPSA) is 136 Å². The van der Waals surface area contributed by atoms with Gasteiger partial charge in [0.2, 0.25) is 11.8 Å². The maximum Gasteiger partial charge on any atom is 0.406 e. The number of thiophene rings is 1. The van der Waals surface area contributed by atoms with Gasteiger partial charge in [-0.25, -0.2) is 0 Å². The summed E-state index contributed by atoms with van der Waals surface area (Å²) in [5.74, 6) is 7.56. The van der Waals surface area contributed by atoms with Crippen molar-refractivity contribution in [2.45, 2.75) is 83.7 Å². The minimum absolute atomic E-state index is 0.0489. The fraction of sp³-hybridized carbons (Fsp3) is 0.446. The van der Waals surface area contributed by atoms with Gasteiger partial charge < -0.3 is 29.6 Å². The molecular formula is C56H64ClF3N11O3PS. The van der Waals surface area contributed by atoms with Gasteiger partial charge in [-0.2, -0.15) is 13.2 Å². The molecule has 0 radical (unpaired) electrons. The first-order valence-electron chi connectivity index (χ1n) is 26.1. The van der Waals surface area contributed by atoms with E-state index >= 15 is 0 Å². The Kier molecular flexibility index (Phi) is 15.6. The van der Waals surface area contributed by atoms with Crippen LogP contribution in [0, 0.1) is 32.6 Å².